The Kier molecular flexibility index (Phi) is 4.30. The number of nitrogens with two attached hydrogens (primary N) is 1. The van der Waals surface area contributed by atoms with E-state index in [1.807, 2.05) is 0 Å². The minimum Gasteiger partial charge on any atom is -0.489 e. The van der Waals surface area contributed by atoms with E-state index in [1.165, 1.54) is 12.1 Å². The van der Waals surface area contributed by atoms with E-state index < -0.39 is 11.6 Å². The van der Waals surface area contributed by atoms with Crippen LogP contribution in [0, 0.1) is 17.0 Å². The lowest BCUT2D eigenvalue weighted by Gasteiger charge is -2.08. The molecule has 0 fully saturated rings. The zero-order valence-electron chi connectivity index (χ0n) is 10.7. The maximum absolute atomic E-state index is 13.4. The SMILES string of the molecule is N=C(N)Cc1ccc(OCc2ccc(F)cc2F)cc1. The highest BCUT2D eigenvalue weighted by Crippen LogP contribution is 2.16. The molecule has 0 aliphatic carbocycles. The van der Waals surface area contributed by atoms with Crippen LogP contribution >= 0.6 is 0 Å². The van der Waals surface area contributed by atoms with Crippen molar-refractivity contribution in [3.8, 4) is 5.75 Å². The van der Waals surface area contributed by atoms with Gasteiger partial charge in [-0.25, -0.2) is 8.78 Å². The largest absolute Gasteiger partial charge is 0.489 e. The van der Waals surface area contributed by atoms with Crippen molar-refractivity contribution in [2.24, 2.45) is 5.73 Å². The third-order valence-corrected chi connectivity index (χ3v) is 2.73. The van der Waals surface area contributed by atoms with Crippen molar-refractivity contribution >= 4 is 5.84 Å². The van der Waals surface area contributed by atoms with Gasteiger partial charge < -0.3 is 10.5 Å². The first-order valence-corrected chi connectivity index (χ1v) is 6.03. The first-order valence-electron chi connectivity index (χ1n) is 6.03. The molecule has 2 aromatic rings. The summed E-state index contributed by atoms with van der Waals surface area (Å²) in [7, 11) is 0. The summed E-state index contributed by atoms with van der Waals surface area (Å²) in [4.78, 5) is 0. The Morgan fingerprint density at radius 3 is 2.40 bits per heavy atom. The number of ether oxygens (including phenoxy) is 1. The van der Waals surface area contributed by atoms with Crippen LogP contribution in [0.25, 0.3) is 0 Å². The predicted octanol–water partition coefficient (Wildman–Crippen LogP) is 3.02. The summed E-state index contributed by atoms with van der Waals surface area (Å²) >= 11 is 0. The number of benzene rings is 2. The van der Waals surface area contributed by atoms with E-state index in [9.17, 15) is 8.78 Å². The Balaban J connectivity index is 1.98. The molecule has 104 valence electrons. The zero-order chi connectivity index (χ0) is 14.5. The van der Waals surface area contributed by atoms with Gasteiger partial charge in [0.25, 0.3) is 0 Å². The van der Waals surface area contributed by atoms with Crippen LogP contribution in [0.4, 0.5) is 8.78 Å². The van der Waals surface area contributed by atoms with Crippen LogP contribution in [-0.4, -0.2) is 5.84 Å². The van der Waals surface area contributed by atoms with Crippen molar-refractivity contribution in [2.45, 2.75) is 13.0 Å². The summed E-state index contributed by atoms with van der Waals surface area (Å²) in [5.74, 6) is -0.578. The molecule has 0 radical (unpaired) electrons. The molecular weight excluding hydrogens is 262 g/mol. The van der Waals surface area contributed by atoms with Crippen molar-refractivity contribution in [2.75, 3.05) is 0 Å². The minimum absolute atomic E-state index is 0.0260. The Bertz CT molecular complexity index is 612. The molecule has 3 nitrogen and oxygen atoms in total. The zero-order valence-corrected chi connectivity index (χ0v) is 10.7. The topological polar surface area (TPSA) is 59.1 Å². The fourth-order valence-electron chi connectivity index (χ4n) is 1.72. The van der Waals surface area contributed by atoms with Gasteiger partial charge >= 0.3 is 0 Å². The molecule has 0 aliphatic rings. The number of amidine groups is 1. The lowest BCUT2D eigenvalue weighted by Crippen LogP contribution is -2.12. The standard InChI is InChI=1S/C15H14F2N2O/c16-12-4-3-11(14(17)8-12)9-20-13-5-1-10(2-6-13)7-15(18)19/h1-6,8H,7,9H2,(H3,18,19). The van der Waals surface area contributed by atoms with Gasteiger partial charge in [-0.05, 0) is 29.8 Å². The third-order valence-electron chi connectivity index (χ3n) is 2.73. The highest BCUT2D eigenvalue weighted by molar-refractivity contribution is 5.79. The maximum atomic E-state index is 13.4. The van der Waals surface area contributed by atoms with Crippen LogP contribution in [0.3, 0.4) is 0 Å². The van der Waals surface area contributed by atoms with Gasteiger partial charge in [0.2, 0.25) is 0 Å². The van der Waals surface area contributed by atoms with Crippen molar-refractivity contribution in [1.82, 2.24) is 0 Å². The second-order valence-electron chi connectivity index (χ2n) is 4.37. The Labute approximate surface area is 115 Å². The summed E-state index contributed by atoms with van der Waals surface area (Å²) in [6.07, 6.45) is 0.382. The summed E-state index contributed by atoms with van der Waals surface area (Å²) in [6.45, 7) is 0.0260. The Hall–Kier alpha value is -2.43. The molecule has 0 spiro atoms. The summed E-state index contributed by atoms with van der Waals surface area (Å²) in [5, 5.41) is 7.19. The predicted molar refractivity (Wildman–Crippen MR) is 72.8 cm³/mol. The monoisotopic (exact) mass is 276 g/mol. The van der Waals surface area contributed by atoms with Crippen LogP contribution in [0.2, 0.25) is 0 Å². The summed E-state index contributed by atoms with van der Waals surface area (Å²) in [5.41, 5.74) is 6.50. The molecule has 2 rings (SSSR count). The molecule has 5 heteroatoms. The third kappa shape index (κ3) is 3.78. The highest BCUT2D eigenvalue weighted by atomic mass is 19.1. The lowest BCUT2D eigenvalue weighted by atomic mass is 10.1. The molecule has 0 aliphatic heterocycles. The second-order valence-corrected chi connectivity index (χ2v) is 4.37. The van der Waals surface area contributed by atoms with Gasteiger partial charge in [0.1, 0.15) is 24.0 Å². The van der Waals surface area contributed by atoms with Crippen molar-refractivity contribution in [3.05, 3.63) is 65.2 Å². The normalized spacial score (nSPS) is 10.3. The number of nitrogens with one attached hydrogen (secondary N) is 1. The first-order chi connectivity index (χ1) is 9.54. The van der Waals surface area contributed by atoms with Gasteiger partial charge in [-0.15, -0.1) is 0 Å². The molecule has 0 saturated heterocycles. The van der Waals surface area contributed by atoms with Gasteiger partial charge in [-0.2, -0.15) is 0 Å². The Morgan fingerprint density at radius 2 is 1.80 bits per heavy atom. The number of halogens is 2. The van der Waals surface area contributed by atoms with Crippen LogP contribution < -0.4 is 10.5 Å². The highest BCUT2D eigenvalue weighted by Gasteiger charge is 2.05. The van der Waals surface area contributed by atoms with E-state index in [4.69, 9.17) is 15.9 Å². The minimum atomic E-state index is -0.627. The molecule has 0 heterocycles. The average Bonchev–Trinajstić information content (AvgIpc) is 2.39. The number of hydrogen-bond acceptors (Lipinski definition) is 2. The van der Waals surface area contributed by atoms with E-state index in [0.717, 1.165) is 11.6 Å². The van der Waals surface area contributed by atoms with Crippen molar-refractivity contribution < 1.29 is 13.5 Å². The smallest absolute Gasteiger partial charge is 0.132 e. The molecule has 20 heavy (non-hydrogen) atoms. The van der Waals surface area contributed by atoms with Gasteiger partial charge in [-0.3, -0.25) is 5.41 Å². The van der Waals surface area contributed by atoms with Crippen LogP contribution in [0.15, 0.2) is 42.5 Å². The Morgan fingerprint density at radius 1 is 1.10 bits per heavy atom. The lowest BCUT2D eigenvalue weighted by molar-refractivity contribution is 0.299. The second kappa shape index (κ2) is 6.14. The fourth-order valence-corrected chi connectivity index (χ4v) is 1.72. The molecule has 3 N–H and O–H groups in total. The van der Waals surface area contributed by atoms with Gasteiger partial charge in [0, 0.05) is 18.1 Å². The van der Waals surface area contributed by atoms with Gasteiger partial charge in [0.05, 0.1) is 5.84 Å². The molecule has 0 saturated carbocycles. The maximum Gasteiger partial charge on any atom is 0.132 e. The molecule has 0 bridgehead atoms. The van der Waals surface area contributed by atoms with E-state index in [2.05, 4.69) is 0 Å². The van der Waals surface area contributed by atoms with E-state index in [1.54, 1.807) is 24.3 Å². The van der Waals surface area contributed by atoms with Gasteiger partial charge in [-0.1, -0.05) is 12.1 Å². The molecule has 0 unspecified atom stereocenters. The van der Waals surface area contributed by atoms with Crippen molar-refractivity contribution in [1.29, 1.82) is 5.41 Å². The summed E-state index contributed by atoms with van der Waals surface area (Å²) in [6, 6.07) is 10.4. The molecule has 2 aromatic carbocycles. The van der Waals surface area contributed by atoms with Crippen LogP contribution in [0.1, 0.15) is 11.1 Å². The quantitative estimate of drug-likeness (QED) is 0.651. The van der Waals surface area contributed by atoms with Crippen LogP contribution in [0.5, 0.6) is 5.75 Å². The van der Waals surface area contributed by atoms with E-state index >= 15 is 0 Å². The molecule has 0 atom stereocenters. The van der Waals surface area contributed by atoms with Crippen LogP contribution in [-0.2, 0) is 13.0 Å². The molecular formula is C15H14F2N2O. The number of hydrogen-bond donors (Lipinski definition) is 2. The number of rotatable bonds is 5. The first kappa shape index (κ1) is 14.0. The molecule has 0 aromatic heterocycles. The van der Waals surface area contributed by atoms with E-state index in [-0.39, 0.29) is 12.4 Å². The van der Waals surface area contributed by atoms with Crippen molar-refractivity contribution in [3.63, 3.8) is 0 Å². The van der Waals surface area contributed by atoms with Gasteiger partial charge in [0.15, 0.2) is 0 Å². The molecule has 0 amide bonds. The summed E-state index contributed by atoms with van der Waals surface area (Å²) < 4.78 is 31.6. The average molecular weight is 276 g/mol. The van der Waals surface area contributed by atoms with E-state index in [0.29, 0.717) is 17.7 Å². The fraction of sp³-hybridized carbons (Fsp3) is 0.133.